The lowest BCUT2D eigenvalue weighted by Gasteiger charge is -2.14. The summed E-state index contributed by atoms with van der Waals surface area (Å²) in [6, 6.07) is 9.31. The van der Waals surface area contributed by atoms with Gasteiger partial charge >= 0.3 is 0 Å². The molecule has 1 unspecified atom stereocenters. The first-order chi connectivity index (χ1) is 18.8. The molecule has 1 aromatic rings. The molecule has 2 nitrogen and oxygen atoms in total. The van der Waals surface area contributed by atoms with Crippen molar-refractivity contribution in [2.75, 3.05) is 13.7 Å². The highest BCUT2D eigenvalue weighted by molar-refractivity contribution is 8.18. The van der Waals surface area contributed by atoms with Gasteiger partial charge in [0.25, 0.3) is 0 Å². The summed E-state index contributed by atoms with van der Waals surface area (Å²) in [7, 11) is 1.66. The fraction of sp³-hybridized carbons (Fsp3) is 0.314. The summed E-state index contributed by atoms with van der Waals surface area (Å²) >= 11 is 1.60. The summed E-state index contributed by atoms with van der Waals surface area (Å²) in [5.74, 6) is 0.778. The van der Waals surface area contributed by atoms with Gasteiger partial charge in [0.1, 0.15) is 17.0 Å². The monoisotopic (exact) mass is 543 g/mol. The minimum Gasteiger partial charge on any atom is -0.496 e. The number of alkyl halides is 1. The number of ether oxygens (including phenoxy) is 1. The van der Waals surface area contributed by atoms with Crippen molar-refractivity contribution in [1.82, 2.24) is 0 Å². The molecule has 1 aliphatic heterocycles. The molecule has 3 rings (SSSR count). The molecule has 0 amide bonds. The highest BCUT2D eigenvalue weighted by atomic mass is 32.2. The Morgan fingerprint density at radius 1 is 1.21 bits per heavy atom. The van der Waals surface area contributed by atoms with Gasteiger partial charge in [-0.3, -0.25) is 4.99 Å². The Bertz CT molecular complexity index is 1310. The molecule has 2 aliphatic rings. The van der Waals surface area contributed by atoms with Crippen molar-refractivity contribution in [1.29, 1.82) is 0 Å². The summed E-state index contributed by atoms with van der Waals surface area (Å²) < 4.78 is 21.0. The number of hydrogen-bond acceptors (Lipinski definition) is 3. The lowest BCUT2D eigenvalue weighted by Crippen LogP contribution is -2.03. The highest BCUT2D eigenvalue weighted by Crippen LogP contribution is 2.46. The van der Waals surface area contributed by atoms with Gasteiger partial charge < -0.3 is 4.74 Å². The molecule has 0 N–H and O–H groups in total. The molecule has 0 radical (unpaired) electrons. The fourth-order valence-corrected chi connectivity index (χ4v) is 5.69. The molecular weight excluding hydrogens is 501 g/mol. The first-order valence-corrected chi connectivity index (χ1v) is 14.3. The minimum atomic E-state index is -1.19. The third kappa shape index (κ3) is 8.33. The number of methoxy groups -OCH3 is 1. The zero-order chi connectivity index (χ0) is 28.9. The van der Waals surface area contributed by atoms with E-state index in [-0.39, 0.29) is 0 Å². The van der Waals surface area contributed by atoms with Crippen LogP contribution >= 0.6 is 11.8 Å². The highest BCUT2D eigenvalue weighted by Gasteiger charge is 2.30. The average molecular weight is 544 g/mol. The summed E-state index contributed by atoms with van der Waals surface area (Å²) in [6.45, 7) is 20.7. The van der Waals surface area contributed by atoms with Gasteiger partial charge in [0.2, 0.25) is 0 Å². The molecule has 1 heterocycles. The van der Waals surface area contributed by atoms with Crippen LogP contribution in [0, 0.1) is 0 Å². The van der Waals surface area contributed by atoms with Crippen LogP contribution in [0.1, 0.15) is 66.1 Å². The number of nitrogens with zero attached hydrogens (tertiary/aromatic N) is 1. The van der Waals surface area contributed by atoms with E-state index in [9.17, 15) is 0 Å². The summed E-state index contributed by atoms with van der Waals surface area (Å²) in [5.41, 5.74) is 10.7. The van der Waals surface area contributed by atoms with Crippen LogP contribution in [-0.2, 0) is 4.74 Å². The van der Waals surface area contributed by atoms with Crippen LogP contribution in [0.2, 0.25) is 0 Å². The van der Waals surface area contributed by atoms with Gasteiger partial charge in [-0.05, 0) is 62.5 Å². The predicted molar refractivity (Wildman–Crippen MR) is 170 cm³/mol. The lowest BCUT2D eigenvalue weighted by molar-refractivity contribution is 0.303. The molecular formula is C35H42FNOS. The Hall–Kier alpha value is -3.33. The third-order valence-electron chi connectivity index (χ3n) is 6.39. The van der Waals surface area contributed by atoms with Crippen LogP contribution < -0.4 is 0 Å². The standard InChI is InChI=1S/C33H36FNOS.C2H6/c1-8-27(20-22(3)18-19-26-15-13-14-23(4)29(21-26)36-7)32-25(6)30(33(37-32)35-9-2)24(5)31(34)28-16-11-10-12-17-28;1-2/h10-18,21,31H,1,4,9,19-20H2,2-3,5-7H3;1-2H3/b22-18?,30-24+,35-33?;. The average Bonchev–Trinajstić information content (AvgIpc) is 3.16. The van der Waals surface area contributed by atoms with Crippen molar-refractivity contribution in [2.45, 2.75) is 60.6 Å². The van der Waals surface area contributed by atoms with Gasteiger partial charge in [0, 0.05) is 34.6 Å². The first kappa shape index (κ1) is 31.9. The van der Waals surface area contributed by atoms with E-state index >= 15 is 4.39 Å². The Labute approximate surface area is 239 Å². The zero-order valence-electron chi connectivity index (χ0n) is 24.5. The first-order valence-electron chi connectivity index (χ1n) is 13.5. The van der Waals surface area contributed by atoms with Gasteiger partial charge in [-0.2, -0.15) is 0 Å². The molecule has 206 valence electrons. The molecule has 0 bridgehead atoms. The van der Waals surface area contributed by atoms with Crippen molar-refractivity contribution >= 4 is 16.8 Å². The Kier molecular flexibility index (Phi) is 13.0. The molecule has 1 aromatic carbocycles. The maximum Gasteiger partial charge on any atom is 0.147 e. The van der Waals surface area contributed by atoms with Crippen LogP contribution in [-0.4, -0.2) is 18.7 Å². The second-order valence-electron chi connectivity index (χ2n) is 9.09. The number of allylic oxidation sites excluding steroid dienone is 10. The molecule has 0 fully saturated rings. The Morgan fingerprint density at radius 3 is 2.51 bits per heavy atom. The third-order valence-corrected chi connectivity index (χ3v) is 7.67. The van der Waals surface area contributed by atoms with E-state index < -0.39 is 6.17 Å². The van der Waals surface area contributed by atoms with E-state index in [2.05, 4.69) is 44.9 Å². The van der Waals surface area contributed by atoms with Gasteiger partial charge in [-0.25, -0.2) is 4.39 Å². The smallest absolute Gasteiger partial charge is 0.147 e. The van der Waals surface area contributed by atoms with Crippen molar-refractivity contribution in [3.05, 3.63) is 135 Å². The maximum absolute atomic E-state index is 15.6. The van der Waals surface area contributed by atoms with E-state index in [4.69, 9.17) is 9.73 Å². The van der Waals surface area contributed by atoms with Crippen LogP contribution in [0.25, 0.3) is 0 Å². The number of benzene rings is 1. The van der Waals surface area contributed by atoms with Crippen molar-refractivity contribution in [2.24, 2.45) is 4.99 Å². The second-order valence-corrected chi connectivity index (χ2v) is 10.1. The lowest BCUT2D eigenvalue weighted by atomic mass is 9.94. The van der Waals surface area contributed by atoms with E-state index in [0.29, 0.717) is 24.1 Å². The fourth-order valence-electron chi connectivity index (χ4n) is 4.37. The molecule has 39 heavy (non-hydrogen) atoms. The van der Waals surface area contributed by atoms with E-state index in [1.165, 1.54) is 5.57 Å². The van der Waals surface area contributed by atoms with Crippen LogP contribution in [0.15, 0.2) is 134 Å². The number of rotatable bonds is 9. The number of hydrogen-bond donors (Lipinski definition) is 0. The van der Waals surface area contributed by atoms with Crippen LogP contribution in [0.4, 0.5) is 4.39 Å². The number of thioether (sulfide) groups is 1. The van der Waals surface area contributed by atoms with Gasteiger partial charge in [0.05, 0.1) is 7.11 Å². The number of aliphatic imine (C=N–C) groups is 1. The predicted octanol–water partition coefficient (Wildman–Crippen LogP) is 10.5. The van der Waals surface area contributed by atoms with E-state index in [0.717, 1.165) is 50.0 Å². The minimum absolute atomic E-state index is 0.640. The van der Waals surface area contributed by atoms with Crippen molar-refractivity contribution in [3.63, 3.8) is 0 Å². The van der Waals surface area contributed by atoms with Gasteiger partial charge in [-0.15, -0.1) is 5.73 Å². The molecule has 0 spiro atoms. The number of halogens is 1. The normalized spacial score (nSPS) is 18.5. The second kappa shape index (κ2) is 15.9. The molecule has 1 aliphatic carbocycles. The van der Waals surface area contributed by atoms with Crippen LogP contribution in [0.3, 0.4) is 0 Å². The molecule has 4 heteroatoms. The van der Waals surface area contributed by atoms with Crippen LogP contribution in [0.5, 0.6) is 0 Å². The SMILES string of the molecule is C=C=C(CC(C)=CCC1=CC=CC(=C)C(OC)=C1)C1=C(C)/C(=C(/C)C(F)c2ccccc2)C(=NCC)S1.CC. The van der Waals surface area contributed by atoms with Crippen molar-refractivity contribution < 1.29 is 9.13 Å². The topological polar surface area (TPSA) is 21.6 Å². The Balaban J connectivity index is 0.00000260. The molecule has 0 saturated heterocycles. The van der Waals surface area contributed by atoms with Gasteiger partial charge in [0.15, 0.2) is 0 Å². The molecule has 1 atom stereocenters. The molecule has 0 saturated carbocycles. The molecule has 0 aromatic heterocycles. The van der Waals surface area contributed by atoms with Crippen molar-refractivity contribution in [3.8, 4) is 0 Å². The summed E-state index contributed by atoms with van der Waals surface area (Å²) in [4.78, 5) is 5.79. The van der Waals surface area contributed by atoms with E-state index in [1.54, 1.807) is 18.9 Å². The van der Waals surface area contributed by atoms with E-state index in [1.807, 2.05) is 76.3 Å². The van der Waals surface area contributed by atoms with Gasteiger partial charge in [-0.1, -0.05) is 99.0 Å². The largest absolute Gasteiger partial charge is 0.496 e. The quantitative estimate of drug-likeness (QED) is 0.228. The summed E-state index contributed by atoms with van der Waals surface area (Å²) in [6.07, 6.45) is 10.6. The zero-order valence-corrected chi connectivity index (χ0v) is 25.3. The summed E-state index contributed by atoms with van der Waals surface area (Å²) in [5, 5.41) is 0.869. The maximum atomic E-state index is 15.6. The Morgan fingerprint density at radius 2 is 1.90 bits per heavy atom.